The van der Waals surface area contributed by atoms with Crippen LogP contribution in [0.1, 0.15) is 54.7 Å². The van der Waals surface area contributed by atoms with Crippen molar-refractivity contribution in [2.45, 2.75) is 43.4 Å². The van der Waals surface area contributed by atoms with Crippen molar-refractivity contribution in [2.75, 3.05) is 0 Å². The molecule has 0 spiro atoms. The van der Waals surface area contributed by atoms with E-state index in [1.54, 1.807) is 6.20 Å². The number of hydrogen-bond donors (Lipinski definition) is 2. The number of amides is 1. The van der Waals surface area contributed by atoms with Crippen molar-refractivity contribution in [1.29, 1.82) is 5.41 Å². The molecule has 2 N–H and O–H groups in total. The van der Waals surface area contributed by atoms with Crippen LogP contribution in [-0.2, 0) is 10.2 Å². The van der Waals surface area contributed by atoms with Crippen LogP contribution >= 0.6 is 0 Å². The molecular weight excluding hydrogens is 389 g/mol. The highest BCUT2D eigenvalue weighted by molar-refractivity contribution is 6.04. The summed E-state index contributed by atoms with van der Waals surface area (Å²) in [5.74, 6) is -0.0884. The Morgan fingerprint density at radius 3 is 2.48 bits per heavy atom. The first kappa shape index (κ1) is 19.6. The average Bonchev–Trinajstić information content (AvgIpc) is 3.59. The minimum Gasteiger partial charge on any atom is -0.314 e. The summed E-state index contributed by atoms with van der Waals surface area (Å²) in [6, 6.07) is 17.7. The number of carbonyl (C=O) groups excluding carboxylic acids is 1. The SMILES string of the molecule is C[C@]1(c2cccc(-c3cncc(F)c3)c2)CC(=N)NC(=O)[C@@H]1c1ccc(C2CC2)cc1. The van der Waals surface area contributed by atoms with E-state index in [9.17, 15) is 9.18 Å². The van der Waals surface area contributed by atoms with Crippen LogP contribution in [0.15, 0.2) is 67.0 Å². The van der Waals surface area contributed by atoms with Crippen molar-refractivity contribution in [3.8, 4) is 11.1 Å². The molecule has 0 radical (unpaired) electrons. The van der Waals surface area contributed by atoms with Gasteiger partial charge in [0.15, 0.2) is 0 Å². The predicted molar refractivity (Wildman–Crippen MR) is 119 cm³/mol. The minimum absolute atomic E-state index is 0.157. The van der Waals surface area contributed by atoms with Crippen LogP contribution in [-0.4, -0.2) is 16.7 Å². The molecule has 3 aromatic rings. The molecule has 2 aliphatic rings. The molecule has 5 rings (SSSR count). The van der Waals surface area contributed by atoms with E-state index in [0.717, 1.165) is 16.7 Å². The Bertz CT molecular complexity index is 1170. The summed E-state index contributed by atoms with van der Waals surface area (Å²) in [4.78, 5) is 17.1. The molecule has 1 saturated carbocycles. The summed E-state index contributed by atoms with van der Waals surface area (Å²) >= 11 is 0. The topological polar surface area (TPSA) is 65.8 Å². The van der Waals surface area contributed by atoms with Gasteiger partial charge in [-0.05, 0) is 47.1 Å². The van der Waals surface area contributed by atoms with E-state index < -0.39 is 11.3 Å². The second-order valence-corrected chi connectivity index (χ2v) is 8.91. The van der Waals surface area contributed by atoms with Gasteiger partial charge in [0.2, 0.25) is 5.91 Å². The lowest BCUT2D eigenvalue weighted by Gasteiger charge is -2.41. The number of hydrogen-bond acceptors (Lipinski definition) is 3. The minimum atomic E-state index is -0.600. The van der Waals surface area contributed by atoms with Crippen LogP contribution in [0.5, 0.6) is 0 Å². The van der Waals surface area contributed by atoms with Crippen LogP contribution in [0.25, 0.3) is 11.1 Å². The number of piperidine rings is 1. The number of benzene rings is 2. The first-order valence-corrected chi connectivity index (χ1v) is 10.6. The van der Waals surface area contributed by atoms with Crippen LogP contribution < -0.4 is 5.32 Å². The predicted octanol–water partition coefficient (Wildman–Crippen LogP) is 5.30. The van der Waals surface area contributed by atoms with Gasteiger partial charge in [-0.25, -0.2) is 4.39 Å². The molecule has 2 atom stereocenters. The third kappa shape index (κ3) is 3.65. The van der Waals surface area contributed by atoms with Gasteiger partial charge in [0.1, 0.15) is 11.7 Å². The molecule has 31 heavy (non-hydrogen) atoms. The van der Waals surface area contributed by atoms with Gasteiger partial charge in [-0.3, -0.25) is 15.2 Å². The quantitative estimate of drug-likeness (QED) is 0.609. The van der Waals surface area contributed by atoms with Crippen LogP contribution in [0, 0.1) is 11.2 Å². The van der Waals surface area contributed by atoms with Gasteiger partial charge in [-0.1, -0.05) is 55.5 Å². The lowest BCUT2D eigenvalue weighted by Crippen LogP contribution is -2.51. The molecule has 4 nitrogen and oxygen atoms in total. The third-order valence-electron chi connectivity index (χ3n) is 6.60. The standard InChI is InChI=1S/C26H24FN3O/c1-26(21-4-2-3-19(11-21)20-12-22(27)15-29-14-20)13-23(28)30-25(31)24(26)18-9-7-17(8-10-18)16-5-6-16/h2-4,7-12,14-16,24H,5-6,13H2,1H3,(H2,28,30,31)/t24-,26+/m0/s1. The Morgan fingerprint density at radius 2 is 1.77 bits per heavy atom. The van der Waals surface area contributed by atoms with Gasteiger partial charge in [0.25, 0.3) is 0 Å². The van der Waals surface area contributed by atoms with Crippen LogP contribution in [0.3, 0.4) is 0 Å². The van der Waals surface area contributed by atoms with E-state index in [4.69, 9.17) is 5.41 Å². The number of nitrogens with one attached hydrogen (secondary N) is 2. The maximum Gasteiger partial charge on any atom is 0.233 e. The fraction of sp³-hybridized carbons (Fsp3) is 0.269. The normalized spacial score (nSPS) is 23.5. The highest BCUT2D eigenvalue weighted by Gasteiger charge is 2.46. The van der Waals surface area contributed by atoms with Gasteiger partial charge in [-0.15, -0.1) is 0 Å². The Morgan fingerprint density at radius 1 is 1.03 bits per heavy atom. The third-order valence-corrected chi connectivity index (χ3v) is 6.60. The second kappa shape index (κ2) is 7.41. The van der Waals surface area contributed by atoms with E-state index in [-0.39, 0.29) is 17.6 Å². The molecule has 156 valence electrons. The maximum atomic E-state index is 13.7. The number of carbonyl (C=O) groups is 1. The average molecular weight is 413 g/mol. The first-order chi connectivity index (χ1) is 14.9. The van der Waals surface area contributed by atoms with Crippen LogP contribution in [0.2, 0.25) is 0 Å². The summed E-state index contributed by atoms with van der Waals surface area (Å²) in [5, 5.41) is 11.0. The zero-order valence-electron chi connectivity index (χ0n) is 17.4. The largest absolute Gasteiger partial charge is 0.314 e. The Hall–Kier alpha value is -3.34. The second-order valence-electron chi connectivity index (χ2n) is 8.91. The molecular formula is C26H24FN3O. The summed E-state index contributed by atoms with van der Waals surface area (Å²) in [6.45, 7) is 2.04. The molecule has 1 aromatic heterocycles. The maximum absolute atomic E-state index is 13.7. The number of halogens is 1. The number of pyridine rings is 1. The molecule has 0 bridgehead atoms. The number of aromatic nitrogens is 1. The number of amidine groups is 1. The van der Waals surface area contributed by atoms with Gasteiger partial charge < -0.3 is 5.32 Å². The van der Waals surface area contributed by atoms with Crippen molar-refractivity contribution >= 4 is 11.7 Å². The summed E-state index contributed by atoms with van der Waals surface area (Å²) in [6.07, 6.45) is 5.70. The van der Waals surface area contributed by atoms with E-state index >= 15 is 0 Å². The van der Waals surface area contributed by atoms with Crippen molar-refractivity contribution in [1.82, 2.24) is 10.3 Å². The fourth-order valence-corrected chi connectivity index (χ4v) is 4.81. The van der Waals surface area contributed by atoms with E-state index in [1.807, 2.05) is 31.2 Å². The molecule has 5 heteroatoms. The highest BCUT2D eigenvalue weighted by atomic mass is 19.1. The van der Waals surface area contributed by atoms with E-state index in [1.165, 1.54) is 30.7 Å². The molecule has 2 aromatic carbocycles. The molecule has 0 unspecified atom stereocenters. The fourth-order valence-electron chi connectivity index (χ4n) is 4.81. The van der Waals surface area contributed by atoms with Crippen LogP contribution in [0.4, 0.5) is 4.39 Å². The zero-order chi connectivity index (χ0) is 21.6. The lowest BCUT2D eigenvalue weighted by molar-refractivity contribution is -0.123. The number of nitrogens with zero attached hydrogens (tertiary/aromatic N) is 1. The van der Waals surface area contributed by atoms with Crippen molar-refractivity contribution < 1.29 is 9.18 Å². The lowest BCUT2D eigenvalue weighted by atomic mass is 9.64. The van der Waals surface area contributed by atoms with E-state index in [0.29, 0.717) is 17.9 Å². The Labute approximate surface area is 181 Å². The monoisotopic (exact) mass is 413 g/mol. The Kier molecular flexibility index (Phi) is 4.69. The Balaban J connectivity index is 1.57. The van der Waals surface area contributed by atoms with Crippen molar-refractivity contribution in [2.24, 2.45) is 0 Å². The first-order valence-electron chi connectivity index (χ1n) is 10.6. The molecule has 2 fully saturated rings. The summed E-state index contributed by atoms with van der Waals surface area (Å²) < 4.78 is 13.7. The highest BCUT2D eigenvalue weighted by Crippen LogP contribution is 2.46. The smallest absolute Gasteiger partial charge is 0.233 e. The van der Waals surface area contributed by atoms with Gasteiger partial charge in [0, 0.05) is 23.6 Å². The zero-order valence-corrected chi connectivity index (χ0v) is 17.4. The molecule has 1 saturated heterocycles. The van der Waals surface area contributed by atoms with Crippen molar-refractivity contribution in [3.63, 3.8) is 0 Å². The molecule has 1 aliphatic carbocycles. The number of rotatable bonds is 4. The van der Waals surface area contributed by atoms with Gasteiger partial charge in [0.05, 0.1) is 12.1 Å². The summed E-state index contributed by atoms with van der Waals surface area (Å²) in [7, 11) is 0. The van der Waals surface area contributed by atoms with Crippen molar-refractivity contribution in [3.05, 3.63) is 89.5 Å². The molecule has 2 heterocycles. The van der Waals surface area contributed by atoms with Gasteiger partial charge in [-0.2, -0.15) is 0 Å². The molecule has 1 amide bonds. The van der Waals surface area contributed by atoms with Gasteiger partial charge >= 0.3 is 0 Å². The van der Waals surface area contributed by atoms with E-state index in [2.05, 4.69) is 34.6 Å². The molecule has 1 aliphatic heterocycles. The summed E-state index contributed by atoms with van der Waals surface area (Å²) in [5.41, 5.74) is 4.16.